The molecule has 16 heavy (non-hydrogen) atoms. The first kappa shape index (κ1) is 9.04. The number of benzene rings is 1. The fourth-order valence-corrected chi connectivity index (χ4v) is 1.93. The predicted molar refractivity (Wildman–Crippen MR) is 63.9 cm³/mol. The van der Waals surface area contributed by atoms with Gasteiger partial charge in [-0.1, -0.05) is 30.3 Å². The molecular weight excluding hydrogens is 198 g/mol. The number of nitrogens with zero attached hydrogens (tertiary/aromatic N) is 1. The molecule has 1 aromatic rings. The summed E-state index contributed by atoms with van der Waals surface area (Å²) in [4.78, 5) is 11.7. The zero-order chi connectivity index (χ0) is 11.0. The largest absolute Gasteiger partial charge is 0.270 e. The maximum absolute atomic E-state index is 11.7. The lowest BCUT2D eigenvalue weighted by molar-refractivity contribution is -0.482. The third kappa shape index (κ3) is 1.36. The van der Waals surface area contributed by atoms with Crippen molar-refractivity contribution in [3.63, 3.8) is 0 Å². The molecule has 0 saturated carbocycles. The minimum absolute atomic E-state index is 0.698. The van der Waals surface area contributed by atoms with Crippen LogP contribution in [0.5, 0.6) is 0 Å². The quantitative estimate of drug-likeness (QED) is 0.521. The average Bonchev–Trinajstić information content (AvgIpc) is 2.50. The van der Waals surface area contributed by atoms with Crippen LogP contribution in [0.3, 0.4) is 0 Å². The van der Waals surface area contributed by atoms with Gasteiger partial charge in [-0.3, -0.25) is 0 Å². The van der Waals surface area contributed by atoms with Crippen molar-refractivity contribution >= 4 is 10.8 Å². The standard InChI is InChI=1S/C14H10NO/c16-15-9-3-6-12-8-7-11-4-1-2-5-13(11)10-14(12)15/h1-10H/q+1. The van der Waals surface area contributed by atoms with E-state index in [1.807, 2.05) is 48.5 Å². The van der Waals surface area contributed by atoms with Gasteiger partial charge in [0.1, 0.15) is 0 Å². The van der Waals surface area contributed by atoms with Gasteiger partial charge >= 0.3 is 0 Å². The Kier molecular flexibility index (Phi) is 1.93. The first-order valence-electron chi connectivity index (χ1n) is 5.19. The molecular formula is C14H10NO+. The van der Waals surface area contributed by atoms with Crippen molar-refractivity contribution in [1.82, 2.24) is 0 Å². The third-order valence-electron chi connectivity index (χ3n) is 2.76. The van der Waals surface area contributed by atoms with Crippen LogP contribution in [-0.2, 0) is 0 Å². The fraction of sp³-hybridized carbons (Fsp3) is 0. The summed E-state index contributed by atoms with van der Waals surface area (Å²) in [7, 11) is 0. The summed E-state index contributed by atoms with van der Waals surface area (Å²) >= 11 is 0. The van der Waals surface area contributed by atoms with E-state index in [0.29, 0.717) is 5.69 Å². The van der Waals surface area contributed by atoms with Crippen LogP contribution in [0.1, 0.15) is 0 Å². The van der Waals surface area contributed by atoms with Gasteiger partial charge in [0.25, 0.3) is 5.69 Å². The molecule has 0 aromatic heterocycles. The number of hydrogen-bond acceptors (Lipinski definition) is 1. The number of aromatic nitrogens is 1. The Labute approximate surface area is 92.7 Å². The minimum atomic E-state index is 0.698. The van der Waals surface area contributed by atoms with Crippen molar-refractivity contribution in [2.24, 2.45) is 0 Å². The van der Waals surface area contributed by atoms with Gasteiger partial charge in [-0.15, -0.1) is 0 Å². The number of rotatable bonds is 0. The van der Waals surface area contributed by atoms with Gasteiger partial charge in [0, 0.05) is 17.0 Å². The van der Waals surface area contributed by atoms with E-state index in [0.717, 1.165) is 20.8 Å². The lowest BCUT2D eigenvalue weighted by Gasteiger charge is -1.89. The molecule has 2 heteroatoms. The summed E-state index contributed by atoms with van der Waals surface area (Å²) in [6.45, 7) is 0. The molecule has 2 nitrogen and oxygen atoms in total. The Morgan fingerprint density at radius 1 is 0.812 bits per heavy atom. The van der Waals surface area contributed by atoms with Crippen LogP contribution in [0, 0.1) is 4.91 Å². The summed E-state index contributed by atoms with van der Waals surface area (Å²) < 4.78 is 0.905. The van der Waals surface area contributed by atoms with E-state index in [1.165, 1.54) is 6.20 Å². The van der Waals surface area contributed by atoms with E-state index < -0.39 is 0 Å². The van der Waals surface area contributed by atoms with E-state index in [9.17, 15) is 4.91 Å². The van der Waals surface area contributed by atoms with Crippen LogP contribution in [0.25, 0.3) is 22.0 Å². The third-order valence-corrected chi connectivity index (χ3v) is 2.76. The molecule has 1 aliphatic heterocycles. The molecule has 0 fully saturated rings. The van der Waals surface area contributed by atoms with Gasteiger partial charge < -0.3 is 0 Å². The topological polar surface area (TPSA) is 23.0 Å². The smallest absolute Gasteiger partial charge is 0.0616 e. The molecule has 0 atom stereocenters. The molecule has 3 rings (SSSR count). The van der Waals surface area contributed by atoms with Crippen LogP contribution >= 0.6 is 0 Å². The lowest BCUT2D eigenvalue weighted by atomic mass is 10.1. The zero-order valence-electron chi connectivity index (χ0n) is 8.63. The van der Waals surface area contributed by atoms with Crippen molar-refractivity contribution < 1.29 is 4.43 Å². The Balaban J connectivity index is 2.54. The second-order valence-corrected chi connectivity index (χ2v) is 3.78. The van der Waals surface area contributed by atoms with Crippen LogP contribution in [-0.4, -0.2) is 0 Å². The molecule has 1 heterocycles. The molecule has 0 bridgehead atoms. The van der Waals surface area contributed by atoms with Crippen LogP contribution in [0.2, 0.25) is 0 Å². The van der Waals surface area contributed by atoms with E-state index in [-0.39, 0.29) is 0 Å². The Morgan fingerprint density at radius 3 is 2.50 bits per heavy atom. The van der Waals surface area contributed by atoms with Gasteiger partial charge in [0.2, 0.25) is 6.20 Å². The van der Waals surface area contributed by atoms with Gasteiger partial charge in [-0.2, -0.15) is 0 Å². The Morgan fingerprint density at radius 2 is 1.62 bits per heavy atom. The Hall–Kier alpha value is -2.22. The van der Waals surface area contributed by atoms with Crippen molar-refractivity contribution in [3.8, 4) is 11.3 Å². The maximum atomic E-state index is 11.7. The van der Waals surface area contributed by atoms with Gasteiger partial charge in [0.15, 0.2) is 0 Å². The summed E-state index contributed by atoms with van der Waals surface area (Å²) in [5.41, 5.74) is 1.65. The average molecular weight is 208 g/mol. The molecule has 0 unspecified atom stereocenters. The molecule has 0 amide bonds. The summed E-state index contributed by atoms with van der Waals surface area (Å²) in [5, 5.41) is 2.21. The highest BCUT2D eigenvalue weighted by molar-refractivity contribution is 5.85. The van der Waals surface area contributed by atoms with E-state index in [2.05, 4.69) is 0 Å². The van der Waals surface area contributed by atoms with Crippen LogP contribution in [0.4, 0.5) is 0 Å². The fourth-order valence-electron chi connectivity index (χ4n) is 1.93. The Bertz CT molecular complexity index is 691. The highest BCUT2D eigenvalue weighted by Gasteiger charge is 2.11. The van der Waals surface area contributed by atoms with Crippen LogP contribution in [0.15, 0.2) is 60.8 Å². The highest BCUT2D eigenvalue weighted by Crippen LogP contribution is 2.20. The van der Waals surface area contributed by atoms with Gasteiger partial charge in [-0.25, -0.2) is 0 Å². The van der Waals surface area contributed by atoms with Gasteiger partial charge in [-0.05, 0) is 22.9 Å². The number of hydrogen-bond donors (Lipinski definition) is 0. The second kappa shape index (κ2) is 3.42. The van der Waals surface area contributed by atoms with Gasteiger partial charge in [0.05, 0.1) is 9.99 Å². The number of pyridine rings is 1. The normalized spacial score (nSPS) is 10.8. The van der Waals surface area contributed by atoms with Crippen molar-refractivity contribution in [2.45, 2.75) is 0 Å². The lowest BCUT2D eigenvalue weighted by Crippen LogP contribution is -2.15. The molecule has 1 aliphatic carbocycles. The summed E-state index contributed by atoms with van der Waals surface area (Å²) in [5.74, 6) is 0. The first-order valence-corrected chi connectivity index (χ1v) is 5.19. The molecule has 2 aliphatic rings. The maximum Gasteiger partial charge on any atom is 0.270 e. The zero-order valence-corrected chi connectivity index (χ0v) is 8.63. The SMILES string of the molecule is O=[n+]1cccc2ccc3ccccc3cc1-2. The minimum Gasteiger partial charge on any atom is -0.0616 e. The van der Waals surface area contributed by atoms with E-state index >= 15 is 0 Å². The molecule has 0 N–H and O–H groups in total. The molecule has 0 saturated heterocycles. The predicted octanol–water partition coefficient (Wildman–Crippen LogP) is 2.86. The van der Waals surface area contributed by atoms with Crippen molar-refractivity contribution in [3.05, 3.63) is 65.7 Å². The highest BCUT2D eigenvalue weighted by atomic mass is 16.3. The molecule has 1 aromatic carbocycles. The van der Waals surface area contributed by atoms with E-state index in [4.69, 9.17) is 0 Å². The number of fused-ring (bicyclic) bond motifs is 2. The molecule has 76 valence electrons. The van der Waals surface area contributed by atoms with E-state index in [1.54, 1.807) is 6.07 Å². The van der Waals surface area contributed by atoms with Crippen LogP contribution < -0.4 is 4.43 Å². The first-order chi connectivity index (χ1) is 7.84. The molecule has 0 radical (unpaired) electrons. The summed E-state index contributed by atoms with van der Waals surface area (Å²) in [6.07, 6.45) is 1.52. The molecule has 0 spiro atoms. The second-order valence-electron chi connectivity index (χ2n) is 3.78. The summed E-state index contributed by atoms with van der Waals surface area (Å²) in [6, 6.07) is 17.7. The van der Waals surface area contributed by atoms with Crippen molar-refractivity contribution in [1.29, 1.82) is 0 Å². The monoisotopic (exact) mass is 208 g/mol. The van der Waals surface area contributed by atoms with Crippen molar-refractivity contribution in [2.75, 3.05) is 0 Å².